The van der Waals surface area contributed by atoms with E-state index < -0.39 is 35.8 Å². The molecule has 1 rings (SSSR count). The maximum Gasteiger partial charge on any atom is 0.409 e. The standard InChI is InChI=1S/C26H43N7O6/c1-17(2)24(31-23(36)14-28-21(34)13-27)25(37)29-15-22(35)30-20-9-7-19(8-10-20)16-39-26(38)33(6)12-11-32(5)18(3)4/h7-10,17-18,24H,11-16,27H2,1-6H3,(H,28,34)(H,29,37)(H,30,35)(H,31,36). The number of nitrogens with two attached hydrogens (primary N) is 1. The first-order valence-electron chi connectivity index (χ1n) is 12.8. The second kappa shape index (κ2) is 17.0. The van der Waals surface area contributed by atoms with Crippen LogP contribution in [0.15, 0.2) is 24.3 Å². The van der Waals surface area contributed by atoms with Crippen molar-refractivity contribution in [1.82, 2.24) is 25.8 Å². The molecule has 0 fully saturated rings. The molecule has 0 aliphatic rings. The van der Waals surface area contributed by atoms with Crippen molar-refractivity contribution in [1.29, 1.82) is 0 Å². The van der Waals surface area contributed by atoms with E-state index in [-0.39, 0.29) is 32.2 Å². The number of anilines is 1. The third kappa shape index (κ3) is 13.1. The van der Waals surface area contributed by atoms with Crippen LogP contribution in [-0.2, 0) is 30.5 Å². The number of hydrogen-bond acceptors (Lipinski definition) is 8. The Morgan fingerprint density at radius 3 is 2.05 bits per heavy atom. The van der Waals surface area contributed by atoms with Crippen LogP contribution in [0, 0.1) is 5.92 Å². The van der Waals surface area contributed by atoms with Crippen LogP contribution >= 0.6 is 0 Å². The van der Waals surface area contributed by atoms with Gasteiger partial charge < -0.3 is 41.5 Å². The van der Waals surface area contributed by atoms with Crippen molar-refractivity contribution in [2.45, 2.75) is 46.4 Å². The Morgan fingerprint density at radius 2 is 1.49 bits per heavy atom. The summed E-state index contributed by atoms with van der Waals surface area (Å²) in [5.41, 5.74) is 6.43. The molecule has 13 nitrogen and oxygen atoms in total. The highest BCUT2D eigenvalue weighted by Crippen LogP contribution is 2.11. The van der Waals surface area contributed by atoms with Gasteiger partial charge in [0.1, 0.15) is 12.6 Å². The summed E-state index contributed by atoms with van der Waals surface area (Å²) in [6.07, 6.45) is -0.420. The number of benzene rings is 1. The van der Waals surface area contributed by atoms with Crippen molar-refractivity contribution in [2.75, 3.05) is 52.1 Å². The summed E-state index contributed by atoms with van der Waals surface area (Å²) in [4.78, 5) is 63.9. The molecular formula is C26H43N7O6. The van der Waals surface area contributed by atoms with Crippen LogP contribution in [0.2, 0.25) is 0 Å². The highest BCUT2D eigenvalue weighted by Gasteiger charge is 2.24. The molecule has 0 bridgehead atoms. The van der Waals surface area contributed by atoms with Crippen LogP contribution < -0.4 is 27.0 Å². The van der Waals surface area contributed by atoms with Crippen molar-refractivity contribution >= 4 is 35.4 Å². The van der Waals surface area contributed by atoms with Gasteiger partial charge in [0.05, 0.1) is 19.6 Å². The van der Waals surface area contributed by atoms with Crippen LogP contribution in [0.1, 0.15) is 33.3 Å². The Hall–Kier alpha value is -3.71. The minimum atomic E-state index is -0.891. The van der Waals surface area contributed by atoms with E-state index >= 15 is 0 Å². The van der Waals surface area contributed by atoms with Gasteiger partial charge in [-0.1, -0.05) is 26.0 Å². The molecule has 0 aromatic heterocycles. The topological polar surface area (TPSA) is 175 Å². The molecule has 0 heterocycles. The van der Waals surface area contributed by atoms with Gasteiger partial charge in [-0.3, -0.25) is 19.2 Å². The fourth-order valence-corrected chi connectivity index (χ4v) is 3.09. The Balaban J connectivity index is 2.48. The lowest BCUT2D eigenvalue weighted by atomic mass is 10.0. The zero-order chi connectivity index (χ0) is 29.5. The Bertz CT molecular complexity index is 968. The minimum absolute atomic E-state index is 0.0890. The van der Waals surface area contributed by atoms with Gasteiger partial charge >= 0.3 is 6.09 Å². The van der Waals surface area contributed by atoms with E-state index in [0.29, 0.717) is 18.3 Å². The average Bonchev–Trinajstić information content (AvgIpc) is 2.90. The molecule has 0 aliphatic heterocycles. The van der Waals surface area contributed by atoms with Crippen molar-refractivity contribution in [3.05, 3.63) is 29.8 Å². The summed E-state index contributed by atoms with van der Waals surface area (Å²) in [6.45, 7) is 8.16. The summed E-state index contributed by atoms with van der Waals surface area (Å²) in [7, 11) is 3.68. The van der Waals surface area contributed by atoms with Crippen molar-refractivity contribution < 1.29 is 28.7 Å². The maximum atomic E-state index is 12.5. The molecule has 0 saturated carbocycles. The third-order valence-corrected chi connectivity index (χ3v) is 5.90. The molecular weight excluding hydrogens is 506 g/mol. The second-order valence-electron chi connectivity index (χ2n) is 9.78. The first-order valence-corrected chi connectivity index (χ1v) is 12.8. The number of nitrogens with zero attached hydrogens (tertiary/aromatic N) is 2. The SMILES string of the molecule is CC(C)C(NC(=O)CNC(=O)CN)C(=O)NCC(=O)Nc1ccc(COC(=O)N(C)CCN(C)C(C)C)cc1. The number of likely N-dealkylation sites (N-methyl/N-ethyl adjacent to an activating group) is 2. The number of hydrogen-bond donors (Lipinski definition) is 5. The predicted molar refractivity (Wildman–Crippen MR) is 147 cm³/mol. The molecule has 0 spiro atoms. The van der Waals surface area contributed by atoms with Crippen LogP contribution in [0.3, 0.4) is 0 Å². The maximum absolute atomic E-state index is 12.5. The molecule has 0 saturated heterocycles. The van der Waals surface area contributed by atoms with Gasteiger partial charge in [-0.05, 0) is 44.5 Å². The second-order valence-corrected chi connectivity index (χ2v) is 9.78. The molecule has 13 heteroatoms. The predicted octanol–water partition coefficient (Wildman–Crippen LogP) is -0.134. The number of amides is 5. The van der Waals surface area contributed by atoms with E-state index in [2.05, 4.69) is 40.0 Å². The summed E-state index contributed by atoms with van der Waals surface area (Å²) in [5.74, 6) is -2.29. The fourth-order valence-electron chi connectivity index (χ4n) is 3.09. The number of nitrogens with one attached hydrogen (secondary N) is 4. The Morgan fingerprint density at radius 1 is 0.872 bits per heavy atom. The van der Waals surface area contributed by atoms with E-state index in [1.54, 1.807) is 45.2 Å². The highest BCUT2D eigenvalue weighted by molar-refractivity contribution is 5.96. The fraction of sp³-hybridized carbons (Fsp3) is 0.577. The van der Waals surface area contributed by atoms with Crippen LogP contribution in [0.4, 0.5) is 10.5 Å². The van der Waals surface area contributed by atoms with Crippen molar-refractivity contribution in [3.8, 4) is 0 Å². The smallest absolute Gasteiger partial charge is 0.409 e. The number of rotatable bonds is 15. The molecule has 0 aliphatic carbocycles. The van der Waals surface area contributed by atoms with Crippen LogP contribution in [-0.4, -0.2) is 98.4 Å². The van der Waals surface area contributed by atoms with E-state index in [4.69, 9.17) is 10.5 Å². The largest absolute Gasteiger partial charge is 0.445 e. The summed E-state index contributed by atoms with van der Waals surface area (Å²) in [6, 6.07) is 6.27. The molecule has 1 aromatic carbocycles. The van der Waals surface area contributed by atoms with Crippen LogP contribution in [0.5, 0.6) is 0 Å². The lowest BCUT2D eigenvalue weighted by Crippen LogP contribution is -2.53. The van der Waals surface area contributed by atoms with Gasteiger partial charge in [0.15, 0.2) is 0 Å². The first-order chi connectivity index (χ1) is 18.3. The molecule has 6 N–H and O–H groups in total. The molecule has 218 valence electrons. The van der Waals surface area contributed by atoms with E-state index in [1.807, 2.05) is 7.05 Å². The summed E-state index contributed by atoms with van der Waals surface area (Å²) < 4.78 is 5.35. The highest BCUT2D eigenvalue weighted by atomic mass is 16.6. The van der Waals surface area contributed by atoms with Gasteiger partial charge in [0.25, 0.3) is 0 Å². The molecule has 39 heavy (non-hydrogen) atoms. The average molecular weight is 550 g/mol. The summed E-state index contributed by atoms with van der Waals surface area (Å²) in [5, 5.41) is 10.0. The van der Waals surface area contributed by atoms with Gasteiger partial charge in [-0.15, -0.1) is 0 Å². The van der Waals surface area contributed by atoms with Crippen LogP contribution in [0.25, 0.3) is 0 Å². The Labute approximate surface area is 230 Å². The molecule has 1 aromatic rings. The van der Waals surface area contributed by atoms with E-state index in [9.17, 15) is 24.0 Å². The third-order valence-electron chi connectivity index (χ3n) is 5.90. The first kappa shape index (κ1) is 33.3. The Kier molecular flexibility index (Phi) is 14.5. The van der Waals surface area contributed by atoms with Gasteiger partial charge in [0, 0.05) is 31.9 Å². The van der Waals surface area contributed by atoms with E-state index in [0.717, 1.165) is 12.1 Å². The van der Waals surface area contributed by atoms with Gasteiger partial charge in [0.2, 0.25) is 23.6 Å². The quantitative estimate of drug-likeness (QED) is 0.201. The van der Waals surface area contributed by atoms with Crippen molar-refractivity contribution in [3.63, 3.8) is 0 Å². The normalized spacial score (nSPS) is 11.6. The lowest BCUT2D eigenvalue weighted by molar-refractivity contribution is -0.131. The monoisotopic (exact) mass is 549 g/mol. The molecule has 1 unspecified atom stereocenters. The zero-order valence-corrected chi connectivity index (χ0v) is 23.7. The van der Waals surface area contributed by atoms with Gasteiger partial charge in [-0.25, -0.2) is 4.79 Å². The number of ether oxygens (including phenoxy) is 1. The molecule has 0 radical (unpaired) electrons. The zero-order valence-electron chi connectivity index (χ0n) is 23.7. The minimum Gasteiger partial charge on any atom is -0.445 e. The van der Waals surface area contributed by atoms with Gasteiger partial charge in [-0.2, -0.15) is 0 Å². The molecule has 1 atom stereocenters. The summed E-state index contributed by atoms with van der Waals surface area (Å²) >= 11 is 0. The number of carbonyl (C=O) groups is 5. The van der Waals surface area contributed by atoms with Crippen molar-refractivity contribution in [2.24, 2.45) is 11.7 Å². The lowest BCUT2D eigenvalue weighted by Gasteiger charge is -2.24. The van der Waals surface area contributed by atoms with E-state index in [1.165, 1.54) is 4.90 Å². The number of carbonyl (C=O) groups excluding carboxylic acids is 5. The molecule has 5 amide bonds.